The highest BCUT2D eigenvalue weighted by Crippen LogP contribution is 2.68. The first-order valence-corrected chi connectivity index (χ1v) is 16.2. The number of esters is 3. The Balaban J connectivity index is 1.78. The quantitative estimate of drug-likeness (QED) is 0.255. The molecule has 0 aromatic heterocycles. The number of hydrogen-bond acceptors (Lipinski definition) is 11. The van der Waals surface area contributed by atoms with E-state index in [9.17, 15) is 29.7 Å². The topological polar surface area (TPSA) is 158 Å². The molecule has 3 aliphatic rings. The Kier molecular flexibility index (Phi) is 9.62. The molecular formula is C36H46O11. The van der Waals surface area contributed by atoms with Gasteiger partial charge in [0.15, 0.2) is 6.10 Å². The van der Waals surface area contributed by atoms with Crippen LogP contribution < -0.4 is 0 Å². The number of hydrogen-bond donors (Lipinski definition) is 3. The van der Waals surface area contributed by atoms with Gasteiger partial charge in [0.25, 0.3) is 0 Å². The molecule has 3 N–H and O–H groups in total. The van der Waals surface area contributed by atoms with Crippen LogP contribution in [-0.4, -0.2) is 87.2 Å². The van der Waals surface area contributed by atoms with Crippen molar-refractivity contribution in [2.45, 2.75) is 108 Å². The molecular weight excluding hydrogens is 608 g/mol. The number of aliphatic hydroxyl groups is 3. The highest BCUT2D eigenvalue weighted by Gasteiger charge is 2.87. The van der Waals surface area contributed by atoms with Crippen LogP contribution in [-0.2, 0) is 39.9 Å². The van der Waals surface area contributed by atoms with E-state index in [0.717, 1.165) is 5.56 Å². The first-order valence-electron chi connectivity index (χ1n) is 16.2. The predicted molar refractivity (Wildman–Crippen MR) is 168 cm³/mol. The second-order valence-electron chi connectivity index (χ2n) is 13.9. The molecule has 1 unspecified atom stereocenters. The standard InChI is InChI=1S/C36H46O11/c1-7-21(2)31(40)44-20-35-29(43-19-23-14-10-8-11-15-23)25(38)18-34(6,42)36(35)28(39)26(33(4,5)47-36)27(45-22(3)37)30(35)46-32(41)24-16-12-9-13-17-24/h8-17,21,25-30,38-39,42H,7,18-20H2,1-6H3/t21?,25-,26+,27-,28+,29-,30+,34-,35-,36-/m0/s1. The van der Waals surface area contributed by atoms with Crippen LogP contribution in [0.3, 0.4) is 0 Å². The Bertz CT molecular complexity index is 1440. The second-order valence-corrected chi connectivity index (χ2v) is 13.9. The van der Waals surface area contributed by atoms with Crippen LogP contribution in [0.4, 0.5) is 0 Å². The third kappa shape index (κ3) is 5.76. The van der Waals surface area contributed by atoms with Crippen molar-refractivity contribution in [1.29, 1.82) is 0 Å². The molecule has 10 atom stereocenters. The largest absolute Gasteiger partial charge is 0.464 e. The van der Waals surface area contributed by atoms with Crippen LogP contribution in [0, 0.1) is 17.3 Å². The molecule has 11 nitrogen and oxygen atoms in total. The summed E-state index contributed by atoms with van der Waals surface area (Å²) in [5.41, 5.74) is -6.42. The molecule has 1 spiro atoms. The highest BCUT2D eigenvalue weighted by molar-refractivity contribution is 5.89. The maximum absolute atomic E-state index is 13.9. The highest BCUT2D eigenvalue weighted by atomic mass is 16.6. The van der Waals surface area contributed by atoms with Gasteiger partial charge in [0, 0.05) is 13.3 Å². The van der Waals surface area contributed by atoms with E-state index in [4.69, 9.17) is 23.7 Å². The minimum Gasteiger partial charge on any atom is -0.464 e. The van der Waals surface area contributed by atoms with Gasteiger partial charge in [-0.1, -0.05) is 62.4 Å². The van der Waals surface area contributed by atoms with Crippen LogP contribution in [0.5, 0.6) is 0 Å². The van der Waals surface area contributed by atoms with Gasteiger partial charge in [-0.05, 0) is 44.9 Å². The molecule has 0 amide bonds. The average Bonchev–Trinajstić information content (AvgIpc) is 3.21. The Hall–Kier alpha value is -3.35. The molecule has 2 aromatic carbocycles. The number of benzene rings is 2. The Morgan fingerprint density at radius 1 is 0.957 bits per heavy atom. The van der Waals surface area contributed by atoms with Crippen molar-refractivity contribution in [1.82, 2.24) is 0 Å². The molecule has 2 bridgehead atoms. The summed E-state index contributed by atoms with van der Waals surface area (Å²) in [6.45, 7) is 8.85. The van der Waals surface area contributed by atoms with E-state index < -0.39 is 89.1 Å². The van der Waals surface area contributed by atoms with E-state index in [1.807, 2.05) is 37.3 Å². The summed E-state index contributed by atoms with van der Waals surface area (Å²) in [5, 5.41) is 36.6. The lowest BCUT2D eigenvalue weighted by Crippen LogP contribution is -2.85. The number of aliphatic hydroxyl groups excluding tert-OH is 2. The fraction of sp³-hybridized carbons (Fsp3) is 0.583. The van der Waals surface area contributed by atoms with Crippen LogP contribution >= 0.6 is 0 Å². The van der Waals surface area contributed by atoms with Crippen LogP contribution in [0.2, 0.25) is 0 Å². The summed E-state index contributed by atoms with van der Waals surface area (Å²) in [5.74, 6) is -3.67. The lowest BCUT2D eigenvalue weighted by atomic mass is 9.45. The molecule has 2 aliphatic carbocycles. The Morgan fingerprint density at radius 2 is 1.57 bits per heavy atom. The Labute approximate surface area is 275 Å². The maximum Gasteiger partial charge on any atom is 0.338 e. The van der Waals surface area contributed by atoms with Crippen molar-refractivity contribution in [2.24, 2.45) is 17.3 Å². The van der Waals surface area contributed by atoms with Gasteiger partial charge in [-0.2, -0.15) is 0 Å². The van der Waals surface area contributed by atoms with E-state index in [0.29, 0.717) is 6.42 Å². The van der Waals surface area contributed by atoms with Gasteiger partial charge in [0.05, 0.1) is 53.5 Å². The van der Waals surface area contributed by atoms with E-state index in [1.54, 1.807) is 51.1 Å². The zero-order valence-electron chi connectivity index (χ0n) is 27.8. The SMILES string of the molecule is CCC(C)C(=O)OC[C@]12[C@H](OC(=O)c3ccccc3)[C@@H](OC(C)=O)[C@@H]3[C@@H](O)[C@]1(OC3(C)C)[C@@](C)(O)C[C@H](O)[C@@H]2OCc1ccccc1. The second kappa shape index (κ2) is 12.9. The first-order chi connectivity index (χ1) is 22.1. The van der Waals surface area contributed by atoms with Gasteiger partial charge in [0.1, 0.15) is 23.7 Å². The maximum atomic E-state index is 13.9. The average molecular weight is 655 g/mol. The van der Waals surface area contributed by atoms with Gasteiger partial charge in [-0.15, -0.1) is 0 Å². The summed E-state index contributed by atoms with van der Waals surface area (Å²) >= 11 is 0. The molecule has 5 rings (SSSR count). The minimum absolute atomic E-state index is 0.0393. The molecule has 1 aliphatic heterocycles. The van der Waals surface area contributed by atoms with Crippen molar-refractivity contribution in [3.8, 4) is 0 Å². The molecule has 47 heavy (non-hydrogen) atoms. The van der Waals surface area contributed by atoms with Gasteiger partial charge < -0.3 is 39.0 Å². The summed E-state index contributed by atoms with van der Waals surface area (Å²) in [6.07, 6.45) is -7.11. The number of ether oxygens (including phenoxy) is 5. The fourth-order valence-electron chi connectivity index (χ4n) is 8.17. The van der Waals surface area contributed by atoms with Crippen molar-refractivity contribution < 1.29 is 53.4 Å². The van der Waals surface area contributed by atoms with Crippen LogP contribution in [0.15, 0.2) is 60.7 Å². The molecule has 2 aromatic rings. The van der Waals surface area contributed by atoms with Gasteiger partial charge in [0.2, 0.25) is 0 Å². The van der Waals surface area contributed by atoms with Crippen LogP contribution in [0.1, 0.15) is 70.3 Å². The Morgan fingerprint density at radius 3 is 2.17 bits per heavy atom. The van der Waals surface area contributed by atoms with E-state index in [2.05, 4.69) is 0 Å². The smallest absolute Gasteiger partial charge is 0.338 e. The first kappa shape index (κ1) is 35.0. The molecule has 256 valence electrons. The lowest BCUT2D eigenvalue weighted by molar-refractivity contribution is -0.368. The summed E-state index contributed by atoms with van der Waals surface area (Å²) in [6, 6.07) is 17.3. The zero-order chi connectivity index (χ0) is 34.4. The number of fused-ring (bicyclic) bond motifs is 1. The molecule has 1 saturated heterocycles. The molecule has 2 saturated carbocycles. The predicted octanol–water partition coefficient (Wildman–Crippen LogP) is 3.36. The summed E-state index contributed by atoms with van der Waals surface area (Å²) in [4.78, 5) is 40.0. The van der Waals surface area contributed by atoms with Crippen molar-refractivity contribution >= 4 is 17.9 Å². The van der Waals surface area contributed by atoms with E-state index in [-0.39, 0.29) is 18.6 Å². The lowest BCUT2D eigenvalue weighted by Gasteiger charge is -2.66. The van der Waals surface area contributed by atoms with Crippen molar-refractivity contribution in [3.05, 3.63) is 71.8 Å². The summed E-state index contributed by atoms with van der Waals surface area (Å²) < 4.78 is 31.6. The van der Waals surface area contributed by atoms with Crippen LogP contribution in [0.25, 0.3) is 0 Å². The van der Waals surface area contributed by atoms with E-state index in [1.165, 1.54) is 13.8 Å². The van der Waals surface area contributed by atoms with Crippen molar-refractivity contribution in [3.63, 3.8) is 0 Å². The van der Waals surface area contributed by atoms with Gasteiger partial charge >= 0.3 is 17.9 Å². The third-order valence-corrected chi connectivity index (χ3v) is 10.4. The molecule has 0 radical (unpaired) electrons. The molecule has 1 heterocycles. The number of rotatable bonds is 10. The number of carbonyl (C=O) groups is 3. The number of carbonyl (C=O) groups excluding carboxylic acids is 3. The fourth-order valence-corrected chi connectivity index (χ4v) is 8.17. The monoisotopic (exact) mass is 654 g/mol. The molecule has 11 heteroatoms. The third-order valence-electron chi connectivity index (χ3n) is 10.4. The zero-order valence-corrected chi connectivity index (χ0v) is 27.8. The summed E-state index contributed by atoms with van der Waals surface area (Å²) in [7, 11) is 0. The van der Waals surface area contributed by atoms with Crippen molar-refractivity contribution in [2.75, 3.05) is 6.61 Å². The van der Waals surface area contributed by atoms with Gasteiger partial charge in [-0.3, -0.25) is 9.59 Å². The van der Waals surface area contributed by atoms with Gasteiger partial charge in [-0.25, -0.2) is 4.79 Å². The molecule has 3 fully saturated rings. The van der Waals surface area contributed by atoms with E-state index >= 15 is 0 Å². The normalized spacial score (nSPS) is 36.1. The minimum atomic E-state index is -2.05.